The van der Waals surface area contributed by atoms with Crippen molar-refractivity contribution in [2.45, 2.75) is 31.5 Å². The summed E-state index contributed by atoms with van der Waals surface area (Å²) in [5, 5.41) is 7.83. The highest BCUT2D eigenvalue weighted by molar-refractivity contribution is 5.81. The molecule has 3 rings (SSSR count). The van der Waals surface area contributed by atoms with Gasteiger partial charge < -0.3 is 4.74 Å². The molecule has 0 radical (unpaired) electrons. The van der Waals surface area contributed by atoms with Crippen LogP contribution in [0, 0.1) is 0 Å². The second-order valence-electron chi connectivity index (χ2n) is 6.71. The summed E-state index contributed by atoms with van der Waals surface area (Å²) in [5.74, 6) is -0.193. The maximum absolute atomic E-state index is 12.6. The molecule has 1 aromatic heterocycles. The van der Waals surface area contributed by atoms with Gasteiger partial charge in [-0.2, -0.15) is 5.10 Å². The van der Waals surface area contributed by atoms with Gasteiger partial charge in [0.1, 0.15) is 5.54 Å². The molecule has 1 aliphatic rings. The Morgan fingerprint density at radius 1 is 1.32 bits per heavy atom. The number of piperidine rings is 1. The zero-order valence-electron chi connectivity index (χ0n) is 14.9. The number of aromatic nitrogens is 2. The Labute approximate surface area is 148 Å². The van der Waals surface area contributed by atoms with E-state index in [0.29, 0.717) is 13.1 Å². The molecule has 0 bridgehead atoms. The molecule has 6 heteroatoms. The van der Waals surface area contributed by atoms with Crippen LogP contribution in [0.1, 0.15) is 24.1 Å². The lowest BCUT2D eigenvalue weighted by molar-refractivity contribution is -0.151. The van der Waals surface area contributed by atoms with E-state index in [-0.39, 0.29) is 5.97 Å². The summed E-state index contributed by atoms with van der Waals surface area (Å²) in [4.78, 5) is 14.9. The van der Waals surface area contributed by atoms with Gasteiger partial charge in [0.2, 0.25) is 0 Å². The number of carbonyl (C=O) groups is 1. The van der Waals surface area contributed by atoms with Crippen LogP contribution in [0.3, 0.4) is 0 Å². The first-order chi connectivity index (χ1) is 12.1. The number of nitrogens with one attached hydrogen (secondary N) is 1. The maximum atomic E-state index is 12.6. The molecule has 1 aromatic carbocycles. The van der Waals surface area contributed by atoms with Gasteiger partial charge in [0.15, 0.2) is 0 Å². The van der Waals surface area contributed by atoms with Crippen molar-refractivity contribution in [3.8, 4) is 0 Å². The topological polar surface area (TPSA) is 59.4 Å². The number of ether oxygens (including phenoxy) is 1. The minimum Gasteiger partial charge on any atom is -0.468 e. The molecule has 6 nitrogen and oxygen atoms in total. The van der Waals surface area contributed by atoms with E-state index in [4.69, 9.17) is 4.74 Å². The Hall–Kier alpha value is -2.18. The number of likely N-dealkylation sites (tertiary alicyclic amines) is 1. The van der Waals surface area contributed by atoms with Gasteiger partial charge in [0.25, 0.3) is 0 Å². The third kappa shape index (κ3) is 4.27. The Bertz CT molecular complexity index is 700. The van der Waals surface area contributed by atoms with E-state index in [9.17, 15) is 4.79 Å². The number of esters is 1. The first kappa shape index (κ1) is 17.6. The quantitative estimate of drug-likeness (QED) is 0.810. The summed E-state index contributed by atoms with van der Waals surface area (Å²) in [7, 11) is 3.35. The van der Waals surface area contributed by atoms with E-state index < -0.39 is 5.54 Å². The van der Waals surface area contributed by atoms with Gasteiger partial charge in [-0.25, -0.2) is 0 Å². The number of rotatable bonds is 6. The zero-order chi connectivity index (χ0) is 17.7. The smallest absolute Gasteiger partial charge is 0.327 e. The lowest BCUT2D eigenvalue weighted by Gasteiger charge is -2.41. The number of hydrogen-bond donors (Lipinski definition) is 1. The number of carbonyl (C=O) groups excluding carboxylic acids is 1. The number of methoxy groups -OCH3 is 1. The van der Waals surface area contributed by atoms with Crippen molar-refractivity contribution in [2.24, 2.45) is 7.05 Å². The average Bonchev–Trinajstić information content (AvgIpc) is 3.06. The summed E-state index contributed by atoms with van der Waals surface area (Å²) in [5.41, 5.74) is 1.50. The van der Waals surface area contributed by atoms with Crippen molar-refractivity contribution < 1.29 is 9.53 Å². The highest BCUT2D eigenvalue weighted by Crippen LogP contribution is 2.24. The molecule has 0 amide bonds. The van der Waals surface area contributed by atoms with Crippen molar-refractivity contribution in [3.05, 3.63) is 53.9 Å². The average molecular weight is 342 g/mol. The van der Waals surface area contributed by atoms with Gasteiger partial charge in [0, 0.05) is 32.9 Å². The van der Waals surface area contributed by atoms with Crippen LogP contribution in [0.5, 0.6) is 0 Å². The first-order valence-electron chi connectivity index (χ1n) is 8.69. The van der Waals surface area contributed by atoms with Crippen LogP contribution in [0.15, 0.2) is 42.6 Å². The van der Waals surface area contributed by atoms with Crippen molar-refractivity contribution in [1.29, 1.82) is 0 Å². The van der Waals surface area contributed by atoms with Crippen LogP contribution >= 0.6 is 0 Å². The number of hydrogen-bond acceptors (Lipinski definition) is 5. The standard InChI is InChI=1S/C19H26N4O2/c1-22-12-9-17(21-22)13-20-19(18(24)25-2)10-6-11-23(15-19)14-16-7-4-3-5-8-16/h3-5,7-9,12,20H,6,10-11,13-15H2,1-2H3/t19-/m1/s1. The SMILES string of the molecule is COC(=O)[C@@]1(NCc2ccn(C)n2)CCCN(Cc2ccccc2)C1. The summed E-state index contributed by atoms with van der Waals surface area (Å²) in [6.45, 7) is 3.01. The molecule has 0 aliphatic carbocycles. The van der Waals surface area contributed by atoms with Crippen LogP contribution < -0.4 is 5.32 Å². The zero-order valence-corrected chi connectivity index (χ0v) is 14.9. The fourth-order valence-electron chi connectivity index (χ4n) is 3.52. The number of benzene rings is 1. The molecular weight excluding hydrogens is 316 g/mol. The second kappa shape index (κ2) is 7.80. The summed E-state index contributed by atoms with van der Waals surface area (Å²) in [6.07, 6.45) is 3.64. The first-order valence-corrected chi connectivity index (χ1v) is 8.69. The fourth-order valence-corrected chi connectivity index (χ4v) is 3.52. The predicted molar refractivity (Wildman–Crippen MR) is 95.7 cm³/mol. The molecule has 0 unspecified atom stereocenters. The minimum absolute atomic E-state index is 0.193. The summed E-state index contributed by atoms with van der Waals surface area (Å²) in [6, 6.07) is 12.3. The van der Waals surface area contributed by atoms with Gasteiger partial charge in [-0.05, 0) is 31.0 Å². The van der Waals surface area contributed by atoms with Crippen molar-refractivity contribution in [1.82, 2.24) is 20.0 Å². The number of aryl methyl sites for hydroxylation is 1. The molecule has 0 saturated carbocycles. The van der Waals surface area contributed by atoms with Crippen LogP contribution in [-0.2, 0) is 29.7 Å². The predicted octanol–water partition coefficient (Wildman–Crippen LogP) is 1.72. The Kier molecular flexibility index (Phi) is 5.50. The molecule has 2 heterocycles. The minimum atomic E-state index is -0.681. The molecule has 0 spiro atoms. The number of nitrogens with zero attached hydrogens (tertiary/aromatic N) is 3. The monoisotopic (exact) mass is 342 g/mol. The summed E-state index contributed by atoms with van der Waals surface area (Å²) >= 11 is 0. The van der Waals surface area contributed by atoms with Crippen LogP contribution in [0.4, 0.5) is 0 Å². The van der Waals surface area contributed by atoms with Crippen LogP contribution in [-0.4, -0.2) is 46.4 Å². The van der Waals surface area contributed by atoms with E-state index >= 15 is 0 Å². The third-order valence-electron chi connectivity index (χ3n) is 4.77. The molecule has 25 heavy (non-hydrogen) atoms. The van der Waals surface area contributed by atoms with Crippen molar-refractivity contribution >= 4 is 5.97 Å². The van der Waals surface area contributed by atoms with Crippen LogP contribution in [0.2, 0.25) is 0 Å². The van der Waals surface area contributed by atoms with Gasteiger partial charge >= 0.3 is 5.97 Å². The van der Waals surface area contributed by atoms with Crippen LogP contribution in [0.25, 0.3) is 0 Å². The third-order valence-corrected chi connectivity index (χ3v) is 4.77. The van der Waals surface area contributed by atoms with Crippen molar-refractivity contribution in [3.63, 3.8) is 0 Å². The van der Waals surface area contributed by atoms with Gasteiger partial charge in [-0.1, -0.05) is 30.3 Å². The second-order valence-corrected chi connectivity index (χ2v) is 6.71. The molecule has 1 atom stereocenters. The molecule has 1 saturated heterocycles. The largest absolute Gasteiger partial charge is 0.468 e. The van der Waals surface area contributed by atoms with Crippen molar-refractivity contribution in [2.75, 3.05) is 20.2 Å². The Morgan fingerprint density at radius 2 is 2.12 bits per heavy atom. The van der Waals surface area contributed by atoms with E-state index in [1.165, 1.54) is 12.7 Å². The van der Waals surface area contributed by atoms with Gasteiger partial charge in [-0.3, -0.25) is 19.7 Å². The highest BCUT2D eigenvalue weighted by Gasteiger charge is 2.43. The Balaban J connectivity index is 1.71. The molecule has 1 fully saturated rings. The van der Waals surface area contributed by atoms with E-state index in [1.54, 1.807) is 4.68 Å². The van der Waals surface area contributed by atoms with Gasteiger partial charge in [0.05, 0.1) is 12.8 Å². The Morgan fingerprint density at radius 3 is 2.80 bits per heavy atom. The highest BCUT2D eigenvalue weighted by atomic mass is 16.5. The molecule has 2 aromatic rings. The maximum Gasteiger partial charge on any atom is 0.327 e. The van der Waals surface area contributed by atoms with E-state index in [0.717, 1.165) is 31.6 Å². The molecule has 1 N–H and O–H groups in total. The fraction of sp³-hybridized carbons (Fsp3) is 0.474. The lowest BCUT2D eigenvalue weighted by Crippen LogP contribution is -2.61. The normalized spacial score (nSPS) is 21.2. The van der Waals surface area contributed by atoms with E-state index in [2.05, 4.69) is 27.4 Å². The molecule has 134 valence electrons. The van der Waals surface area contributed by atoms with E-state index in [1.807, 2.05) is 37.5 Å². The van der Waals surface area contributed by atoms with Gasteiger partial charge in [-0.15, -0.1) is 0 Å². The summed E-state index contributed by atoms with van der Waals surface area (Å²) < 4.78 is 6.90. The lowest BCUT2D eigenvalue weighted by atomic mass is 9.88. The molecular formula is C19H26N4O2. The molecule has 1 aliphatic heterocycles.